The lowest BCUT2D eigenvalue weighted by Gasteiger charge is -1.92. The first-order valence-electron chi connectivity index (χ1n) is 5.59. The van der Waals surface area contributed by atoms with Crippen molar-refractivity contribution in [2.45, 2.75) is 0 Å². The number of phenols is 1. The maximum absolute atomic E-state index is 10.1. The molecule has 0 amide bonds. The van der Waals surface area contributed by atoms with Crippen LogP contribution in [-0.4, -0.2) is 18.1 Å². The molecule has 0 fully saturated rings. The summed E-state index contributed by atoms with van der Waals surface area (Å²) in [6.07, 6.45) is 2.33. The molecule has 6 heteroatoms. The van der Waals surface area contributed by atoms with Gasteiger partial charge in [-0.05, 0) is 23.8 Å². The maximum atomic E-state index is 10.1. The molecule has 0 aliphatic rings. The quantitative estimate of drug-likeness (QED) is 0.671. The molecule has 106 valence electrons. The van der Waals surface area contributed by atoms with E-state index in [0.717, 1.165) is 11.8 Å². The predicted octanol–water partition coefficient (Wildman–Crippen LogP) is 2.87. The molecule has 2 N–H and O–H groups in total. The number of hydrogen-bond acceptors (Lipinski definition) is 4. The van der Waals surface area contributed by atoms with Crippen molar-refractivity contribution in [3.63, 3.8) is 0 Å². The van der Waals surface area contributed by atoms with E-state index in [1.165, 1.54) is 6.08 Å². The zero-order valence-corrected chi connectivity index (χ0v) is 11.3. The van der Waals surface area contributed by atoms with Gasteiger partial charge in [0.05, 0.1) is 0 Å². The summed E-state index contributed by atoms with van der Waals surface area (Å²) in [6.45, 7) is 0. The van der Waals surface area contributed by atoms with Crippen molar-refractivity contribution in [3.05, 3.63) is 72.5 Å². The van der Waals surface area contributed by atoms with Gasteiger partial charge in [0.25, 0.3) is 0 Å². The molecular formula is C14H14O5S. The van der Waals surface area contributed by atoms with E-state index in [0.29, 0.717) is 5.75 Å². The van der Waals surface area contributed by atoms with Gasteiger partial charge in [-0.1, -0.05) is 48.5 Å². The van der Waals surface area contributed by atoms with E-state index in [9.17, 15) is 8.42 Å². The fourth-order valence-corrected chi connectivity index (χ4v) is 1.36. The average Bonchev–Trinajstić information content (AvgIpc) is 2.40. The summed E-state index contributed by atoms with van der Waals surface area (Å²) in [5.74, 6) is 0.322. The Hall–Kier alpha value is -2.31. The van der Waals surface area contributed by atoms with Crippen LogP contribution >= 0.6 is 0 Å². The summed E-state index contributed by atoms with van der Waals surface area (Å²) in [4.78, 5) is 0. The Morgan fingerprint density at radius 3 is 1.80 bits per heavy atom. The van der Waals surface area contributed by atoms with Crippen molar-refractivity contribution in [1.29, 1.82) is 0 Å². The van der Waals surface area contributed by atoms with E-state index in [1.807, 2.05) is 12.1 Å². The topological polar surface area (TPSA) is 83.8 Å². The summed E-state index contributed by atoms with van der Waals surface area (Å²) < 4.78 is 32.4. The summed E-state index contributed by atoms with van der Waals surface area (Å²) in [7, 11) is -4.38. The van der Waals surface area contributed by atoms with Gasteiger partial charge in [0.2, 0.25) is 0 Å². The Morgan fingerprint density at radius 2 is 1.40 bits per heavy atom. The Balaban J connectivity index is 0.000000240. The highest BCUT2D eigenvalue weighted by Gasteiger charge is 1.98. The van der Waals surface area contributed by atoms with Gasteiger partial charge >= 0.3 is 10.4 Å². The molecule has 0 aromatic heterocycles. The number of rotatable bonds is 3. The zero-order valence-electron chi connectivity index (χ0n) is 10.5. The van der Waals surface area contributed by atoms with E-state index in [1.54, 1.807) is 48.5 Å². The van der Waals surface area contributed by atoms with Gasteiger partial charge in [-0.3, -0.25) is 4.55 Å². The van der Waals surface area contributed by atoms with Crippen molar-refractivity contribution in [3.8, 4) is 5.75 Å². The maximum Gasteiger partial charge on any atom is 0.445 e. The van der Waals surface area contributed by atoms with Gasteiger partial charge in [0.1, 0.15) is 12.0 Å². The molecule has 0 aliphatic heterocycles. The van der Waals surface area contributed by atoms with Crippen LogP contribution in [0.3, 0.4) is 0 Å². The number of phenolic OH excluding ortho intramolecular Hbond substituents is 1. The minimum atomic E-state index is -4.38. The van der Waals surface area contributed by atoms with Crippen molar-refractivity contribution < 1.29 is 22.3 Å². The third-order valence-electron chi connectivity index (χ3n) is 1.99. The lowest BCUT2D eigenvalue weighted by atomic mass is 10.2. The van der Waals surface area contributed by atoms with Crippen molar-refractivity contribution in [2.75, 3.05) is 0 Å². The third kappa shape index (κ3) is 7.91. The van der Waals surface area contributed by atoms with E-state index in [2.05, 4.69) is 4.18 Å². The molecule has 0 aliphatic carbocycles. The van der Waals surface area contributed by atoms with Crippen molar-refractivity contribution >= 4 is 16.5 Å². The molecule has 2 rings (SSSR count). The summed E-state index contributed by atoms with van der Waals surface area (Å²) >= 11 is 0. The number of aromatic hydroxyl groups is 1. The Kier molecular flexibility index (Phi) is 6.28. The molecule has 0 heterocycles. The molecule has 0 unspecified atom stereocenters. The second-order valence-electron chi connectivity index (χ2n) is 3.57. The molecule has 20 heavy (non-hydrogen) atoms. The Morgan fingerprint density at radius 1 is 0.900 bits per heavy atom. The van der Waals surface area contributed by atoms with Crippen molar-refractivity contribution in [1.82, 2.24) is 0 Å². The monoisotopic (exact) mass is 294 g/mol. The molecule has 2 aromatic rings. The molecule has 0 atom stereocenters. The Bertz CT molecular complexity index is 621. The van der Waals surface area contributed by atoms with Gasteiger partial charge in [-0.2, -0.15) is 8.42 Å². The summed E-state index contributed by atoms with van der Waals surface area (Å²) in [6, 6.07) is 17.7. The molecule has 0 saturated carbocycles. The van der Waals surface area contributed by atoms with Gasteiger partial charge in [0.15, 0.2) is 0 Å². The number of para-hydroxylation sites is 1. The summed E-state index contributed by atoms with van der Waals surface area (Å²) in [5.41, 5.74) is 0.783. The highest BCUT2D eigenvalue weighted by Crippen LogP contribution is 2.03. The van der Waals surface area contributed by atoms with Gasteiger partial charge in [0, 0.05) is 0 Å². The fraction of sp³-hybridized carbons (Fsp3) is 0. The van der Waals surface area contributed by atoms with Crippen LogP contribution < -0.4 is 0 Å². The molecule has 0 bridgehead atoms. The van der Waals surface area contributed by atoms with Gasteiger partial charge in [-0.25, -0.2) is 0 Å². The van der Waals surface area contributed by atoms with E-state index in [4.69, 9.17) is 9.66 Å². The Labute approximate surface area is 117 Å². The van der Waals surface area contributed by atoms with Crippen LogP contribution in [0.5, 0.6) is 5.75 Å². The highest BCUT2D eigenvalue weighted by atomic mass is 32.3. The van der Waals surface area contributed by atoms with Crippen LogP contribution in [0, 0.1) is 0 Å². The SMILES string of the molecule is O=S(=O)(O)OC=Cc1ccccc1.Oc1ccccc1. The number of benzene rings is 2. The van der Waals surface area contributed by atoms with Gasteiger partial charge in [-0.15, -0.1) is 0 Å². The highest BCUT2D eigenvalue weighted by molar-refractivity contribution is 7.81. The van der Waals surface area contributed by atoms with Crippen LogP contribution in [0.25, 0.3) is 6.08 Å². The normalized spacial score (nSPS) is 10.7. The van der Waals surface area contributed by atoms with Crippen LogP contribution in [0.4, 0.5) is 0 Å². The van der Waals surface area contributed by atoms with Crippen LogP contribution in [0.1, 0.15) is 5.56 Å². The summed E-state index contributed by atoms with van der Waals surface area (Å²) in [5, 5.41) is 8.63. The largest absolute Gasteiger partial charge is 0.508 e. The van der Waals surface area contributed by atoms with E-state index < -0.39 is 10.4 Å². The molecule has 5 nitrogen and oxygen atoms in total. The minimum Gasteiger partial charge on any atom is -0.508 e. The lowest BCUT2D eigenvalue weighted by Crippen LogP contribution is -1.96. The second-order valence-corrected chi connectivity index (χ2v) is 4.62. The molecule has 0 radical (unpaired) electrons. The second kappa shape index (κ2) is 7.98. The fourth-order valence-electron chi connectivity index (χ4n) is 1.17. The van der Waals surface area contributed by atoms with Crippen LogP contribution in [-0.2, 0) is 14.6 Å². The molecular weight excluding hydrogens is 280 g/mol. The third-order valence-corrected chi connectivity index (χ3v) is 2.35. The number of hydrogen-bond donors (Lipinski definition) is 2. The first-order valence-corrected chi connectivity index (χ1v) is 6.95. The van der Waals surface area contributed by atoms with Crippen LogP contribution in [0.2, 0.25) is 0 Å². The first kappa shape index (κ1) is 15.7. The average molecular weight is 294 g/mol. The minimum absolute atomic E-state index is 0.322. The lowest BCUT2D eigenvalue weighted by molar-refractivity contribution is 0.357. The smallest absolute Gasteiger partial charge is 0.445 e. The predicted molar refractivity (Wildman–Crippen MR) is 76.2 cm³/mol. The standard InChI is InChI=1S/C8H8O4S.C6H6O/c9-13(10,11)12-7-6-8-4-2-1-3-5-8;7-6-4-2-1-3-5-6/h1-7H,(H,9,10,11);1-5,7H. The van der Waals surface area contributed by atoms with E-state index >= 15 is 0 Å². The molecule has 0 spiro atoms. The van der Waals surface area contributed by atoms with Crippen molar-refractivity contribution in [2.24, 2.45) is 0 Å². The molecule has 2 aromatic carbocycles. The van der Waals surface area contributed by atoms with Crippen LogP contribution in [0.15, 0.2) is 66.9 Å². The molecule has 0 saturated heterocycles. The van der Waals surface area contributed by atoms with E-state index in [-0.39, 0.29) is 0 Å². The van der Waals surface area contributed by atoms with Gasteiger partial charge < -0.3 is 9.29 Å². The zero-order chi connectivity index (χ0) is 14.8. The first-order chi connectivity index (χ1) is 9.47.